The fraction of sp³-hybridized carbons (Fsp3) is 0.200. The SMILES string of the molecule is [2H]C([2H])([2H])C(=C)C(NN)c1ccccc1. The van der Waals surface area contributed by atoms with Gasteiger partial charge in [-0.3, -0.25) is 5.84 Å². The third kappa shape index (κ3) is 1.94. The molecule has 0 bridgehead atoms. The predicted molar refractivity (Wildman–Crippen MR) is 51.3 cm³/mol. The normalized spacial score (nSPS) is 17.2. The number of benzene rings is 1. The first-order valence-electron chi connectivity index (χ1n) is 5.17. The zero-order chi connectivity index (χ0) is 11.5. The van der Waals surface area contributed by atoms with E-state index in [1.807, 2.05) is 18.2 Å². The molecular formula is C10H14N2. The minimum Gasteiger partial charge on any atom is -0.271 e. The van der Waals surface area contributed by atoms with Gasteiger partial charge >= 0.3 is 0 Å². The molecule has 0 aliphatic heterocycles. The molecule has 0 saturated carbocycles. The van der Waals surface area contributed by atoms with Crippen molar-refractivity contribution < 1.29 is 4.11 Å². The molecule has 0 fully saturated rings. The monoisotopic (exact) mass is 165 g/mol. The van der Waals surface area contributed by atoms with Crippen molar-refractivity contribution >= 4 is 0 Å². The lowest BCUT2D eigenvalue weighted by Gasteiger charge is -2.15. The molecule has 64 valence electrons. The topological polar surface area (TPSA) is 38.0 Å². The molecule has 0 aliphatic rings. The maximum absolute atomic E-state index is 7.26. The van der Waals surface area contributed by atoms with E-state index in [-0.39, 0.29) is 5.57 Å². The summed E-state index contributed by atoms with van der Waals surface area (Å²) in [6.45, 7) is 1.37. The molecule has 1 aromatic rings. The summed E-state index contributed by atoms with van der Waals surface area (Å²) in [6, 6.07) is 8.58. The van der Waals surface area contributed by atoms with Crippen molar-refractivity contribution in [3.63, 3.8) is 0 Å². The highest BCUT2D eigenvalue weighted by Gasteiger charge is 2.07. The van der Waals surface area contributed by atoms with E-state index in [4.69, 9.17) is 9.95 Å². The van der Waals surface area contributed by atoms with Crippen LogP contribution in [0.2, 0.25) is 0 Å². The van der Waals surface area contributed by atoms with Gasteiger partial charge in [-0.2, -0.15) is 0 Å². The Bertz CT molecular complexity index is 332. The summed E-state index contributed by atoms with van der Waals surface area (Å²) < 4.78 is 21.8. The second-order valence-corrected chi connectivity index (χ2v) is 2.54. The summed E-state index contributed by atoms with van der Waals surface area (Å²) in [6.07, 6.45) is 0. The molecule has 2 nitrogen and oxygen atoms in total. The van der Waals surface area contributed by atoms with Crippen molar-refractivity contribution in [3.8, 4) is 0 Å². The minimum absolute atomic E-state index is 0.0937. The van der Waals surface area contributed by atoms with Gasteiger partial charge in [0.15, 0.2) is 0 Å². The molecule has 3 N–H and O–H groups in total. The Labute approximate surface area is 77.3 Å². The summed E-state index contributed by atoms with van der Waals surface area (Å²) in [5.74, 6) is 5.34. The predicted octanol–water partition coefficient (Wildman–Crippen LogP) is 1.77. The van der Waals surface area contributed by atoms with E-state index in [9.17, 15) is 0 Å². The van der Waals surface area contributed by atoms with Gasteiger partial charge in [0, 0.05) is 4.11 Å². The molecule has 0 radical (unpaired) electrons. The lowest BCUT2D eigenvalue weighted by molar-refractivity contribution is 0.627. The number of hydrogen-bond acceptors (Lipinski definition) is 2. The Balaban J connectivity index is 2.96. The maximum Gasteiger partial charge on any atom is 0.0664 e. The van der Waals surface area contributed by atoms with Crippen molar-refractivity contribution in [2.24, 2.45) is 5.84 Å². The average molecular weight is 165 g/mol. The zero-order valence-electron chi connectivity index (χ0n) is 9.75. The number of nitrogens with one attached hydrogen (secondary N) is 1. The number of hydrogen-bond donors (Lipinski definition) is 2. The quantitative estimate of drug-likeness (QED) is 0.407. The first-order chi connectivity index (χ1) is 6.96. The van der Waals surface area contributed by atoms with Gasteiger partial charge in [0.2, 0.25) is 0 Å². The van der Waals surface area contributed by atoms with Crippen molar-refractivity contribution in [3.05, 3.63) is 48.0 Å². The van der Waals surface area contributed by atoms with Gasteiger partial charge in [-0.05, 0) is 12.4 Å². The van der Waals surface area contributed by atoms with Crippen LogP contribution in [0.1, 0.15) is 22.6 Å². The van der Waals surface area contributed by atoms with E-state index in [0.717, 1.165) is 5.56 Å². The summed E-state index contributed by atoms with van der Waals surface area (Å²) in [4.78, 5) is 0. The van der Waals surface area contributed by atoms with Gasteiger partial charge in [-0.25, -0.2) is 5.43 Å². The van der Waals surface area contributed by atoms with Crippen molar-refractivity contribution in [2.45, 2.75) is 12.9 Å². The molecule has 0 saturated heterocycles. The van der Waals surface area contributed by atoms with E-state index >= 15 is 0 Å². The van der Waals surface area contributed by atoms with E-state index in [2.05, 4.69) is 12.0 Å². The van der Waals surface area contributed by atoms with Crippen LogP contribution in [0.25, 0.3) is 0 Å². The number of hydrazine groups is 1. The van der Waals surface area contributed by atoms with Crippen LogP contribution in [0.5, 0.6) is 0 Å². The fourth-order valence-corrected chi connectivity index (χ4v) is 1.04. The third-order valence-corrected chi connectivity index (χ3v) is 1.65. The van der Waals surface area contributed by atoms with E-state index in [1.165, 1.54) is 0 Å². The van der Waals surface area contributed by atoms with E-state index in [0.29, 0.717) is 0 Å². The zero-order valence-corrected chi connectivity index (χ0v) is 6.75. The highest BCUT2D eigenvalue weighted by molar-refractivity contribution is 5.25. The van der Waals surface area contributed by atoms with Crippen LogP contribution < -0.4 is 11.3 Å². The summed E-state index contributed by atoms with van der Waals surface area (Å²) in [5, 5.41) is 0. The molecule has 0 heterocycles. The first kappa shape index (κ1) is 5.51. The number of rotatable bonds is 3. The van der Waals surface area contributed by atoms with Gasteiger partial charge < -0.3 is 0 Å². The lowest BCUT2D eigenvalue weighted by Crippen LogP contribution is -2.28. The largest absolute Gasteiger partial charge is 0.271 e. The number of nitrogens with two attached hydrogens (primary N) is 1. The molecule has 1 rings (SSSR count). The molecule has 0 aliphatic carbocycles. The van der Waals surface area contributed by atoms with Crippen LogP contribution in [-0.2, 0) is 0 Å². The molecule has 2 heteroatoms. The minimum atomic E-state index is -2.20. The van der Waals surface area contributed by atoms with Crippen molar-refractivity contribution in [1.29, 1.82) is 0 Å². The van der Waals surface area contributed by atoms with Crippen LogP contribution in [0.15, 0.2) is 42.5 Å². The van der Waals surface area contributed by atoms with Crippen LogP contribution >= 0.6 is 0 Å². The first-order valence-corrected chi connectivity index (χ1v) is 3.67. The Morgan fingerprint density at radius 2 is 2.25 bits per heavy atom. The molecule has 0 spiro atoms. The molecule has 0 amide bonds. The average Bonchev–Trinajstić information content (AvgIpc) is 2.19. The van der Waals surface area contributed by atoms with E-state index in [1.54, 1.807) is 12.1 Å². The Morgan fingerprint density at radius 3 is 2.75 bits per heavy atom. The van der Waals surface area contributed by atoms with Gasteiger partial charge in [-0.15, -0.1) is 0 Å². The van der Waals surface area contributed by atoms with Crippen LogP contribution in [0, 0.1) is 0 Å². The molecule has 12 heavy (non-hydrogen) atoms. The third-order valence-electron chi connectivity index (χ3n) is 1.65. The maximum atomic E-state index is 7.26. The molecular weight excluding hydrogens is 148 g/mol. The summed E-state index contributed by atoms with van der Waals surface area (Å²) in [5.41, 5.74) is 3.35. The highest BCUT2D eigenvalue weighted by atomic mass is 15.2. The summed E-state index contributed by atoms with van der Waals surface area (Å²) in [7, 11) is 0. The van der Waals surface area contributed by atoms with Crippen LogP contribution in [-0.4, -0.2) is 0 Å². The molecule has 1 aromatic carbocycles. The van der Waals surface area contributed by atoms with Gasteiger partial charge in [0.05, 0.1) is 6.04 Å². The van der Waals surface area contributed by atoms with Crippen LogP contribution in [0.4, 0.5) is 0 Å². The van der Waals surface area contributed by atoms with Crippen molar-refractivity contribution in [2.75, 3.05) is 0 Å². The second kappa shape index (κ2) is 4.04. The Hall–Kier alpha value is -1.12. The van der Waals surface area contributed by atoms with Gasteiger partial charge in [-0.1, -0.05) is 42.5 Å². The molecule has 1 atom stereocenters. The Kier molecular flexibility index (Phi) is 1.86. The van der Waals surface area contributed by atoms with Gasteiger partial charge in [0.1, 0.15) is 0 Å². The van der Waals surface area contributed by atoms with E-state index < -0.39 is 12.9 Å². The van der Waals surface area contributed by atoms with Gasteiger partial charge in [0.25, 0.3) is 0 Å². The lowest BCUT2D eigenvalue weighted by atomic mass is 10.0. The second-order valence-electron chi connectivity index (χ2n) is 2.54. The smallest absolute Gasteiger partial charge is 0.0664 e. The molecule has 1 unspecified atom stereocenters. The standard InChI is InChI=1S/C10H14N2/c1-8(2)10(12-11)9-6-4-3-5-7-9/h3-7,10,12H,1,11H2,2H3/i2D3. The highest BCUT2D eigenvalue weighted by Crippen LogP contribution is 2.17. The molecule has 0 aromatic heterocycles. The van der Waals surface area contributed by atoms with Crippen molar-refractivity contribution in [1.82, 2.24) is 5.43 Å². The summed E-state index contributed by atoms with van der Waals surface area (Å²) >= 11 is 0. The fourth-order valence-electron chi connectivity index (χ4n) is 1.04. The Morgan fingerprint density at radius 1 is 1.58 bits per heavy atom. The van der Waals surface area contributed by atoms with Crippen LogP contribution in [0.3, 0.4) is 0 Å².